The van der Waals surface area contributed by atoms with E-state index >= 15 is 0 Å². The van der Waals surface area contributed by atoms with Crippen molar-refractivity contribution in [3.05, 3.63) is 0 Å². The number of amides is 3. The van der Waals surface area contributed by atoms with E-state index in [2.05, 4.69) is 10.6 Å². The monoisotopic (exact) mass is 279 g/mol. The minimum absolute atomic E-state index is 0.0192. The highest BCUT2D eigenvalue weighted by atomic mass is 16.2. The molecule has 0 bridgehead atoms. The topological polar surface area (TPSA) is 61.4 Å². The average molecular weight is 279 g/mol. The molecule has 3 fully saturated rings. The summed E-state index contributed by atoms with van der Waals surface area (Å²) in [5.74, 6) is 0.134. The van der Waals surface area contributed by atoms with E-state index in [4.69, 9.17) is 0 Å². The number of nitrogens with one attached hydrogen (secondary N) is 2. The predicted octanol–water partition coefficient (Wildman–Crippen LogP) is 1.63. The van der Waals surface area contributed by atoms with Gasteiger partial charge in [0.2, 0.25) is 5.91 Å². The van der Waals surface area contributed by atoms with Crippen LogP contribution < -0.4 is 10.6 Å². The van der Waals surface area contributed by atoms with Gasteiger partial charge in [-0.15, -0.1) is 0 Å². The molecule has 3 amide bonds. The first-order valence-corrected chi connectivity index (χ1v) is 8.08. The van der Waals surface area contributed by atoms with Gasteiger partial charge in [-0.3, -0.25) is 4.79 Å². The summed E-state index contributed by atoms with van der Waals surface area (Å²) in [6, 6.07) is 0.777. The van der Waals surface area contributed by atoms with Gasteiger partial charge in [-0.2, -0.15) is 0 Å². The normalized spacial score (nSPS) is 27.4. The number of piperidine rings is 1. The Balaban J connectivity index is 1.48. The lowest BCUT2D eigenvalue weighted by molar-refractivity contribution is -0.127. The summed E-state index contributed by atoms with van der Waals surface area (Å²) < 4.78 is 0. The second kappa shape index (κ2) is 6.02. The summed E-state index contributed by atoms with van der Waals surface area (Å²) in [4.78, 5) is 26.2. The molecule has 2 saturated carbocycles. The van der Waals surface area contributed by atoms with E-state index in [9.17, 15) is 9.59 Å². The molecule has 1 heterocycles. The lowest BCUT2D eigenvalue weighted by atomic mass is 9.97. The van der Waals surface area contributed by atoms with Crippen LogP contribution in [0.3, 0.4) is 0 Å². The van der Waals surface area contributed by atoms with Gasteiger partial charge in [0, 0.05) is 25.2 Å². The largest absolute Gasteiger partial charge is 0.353 e. The lowest BCUT2D eigenvalue weighted by Gasteiger charge is -2.32. The number of carbonyl (C=O) groups excluding carboxylic acids is 2. The van der Waals surface area contributed by atoms with Crippen LogP contribution in [0.25, 0.3) is 0 Å². The van der Waals surface area contributed by atoms with Gasteiger partial charge in [0.05, 0.1) is 5.92 Å². The van der Waals surface area contributed by atoms with Crippen LogP contribution in [0, 0.1) is 5.92 Å². The zero-order valence-corrected chi connectivity index (χ0v) is 12.1. The summed E-state index contributed by atoms with van der Waals surface area (Å²) >= 11 is 0. The summed E-state index contributed by atoms with van der Waals surface area (Å²) in [7, 11) is 0. The van der Waals surface area contributed by atoms with Crippen LogP contribution >= 0.6 is 0 Å². The van der Waals surface area contributed by atoms with Crippen molar-refractivity contribution in [1.82, 2.24) is 15.5 Å². The van der Waals surface area contributed by atoms with Crippen molar-refractivity contribution in [1.29, 1.82) is 0 Å². The third kappa shape index (κ3) is 3.44. The van der Waals surface area contributed by atoms with Gasteiger partial charge >= 0.3 is 6.03 Å². The first-order chi connectivity index (χ1) is 9.72. The number of likely N-dealkylation sites (tertiary alicyclic amines) is 1. The molecule has 112 valence electrons. The number of hydrogen-bond acceptors (Lipinski definition) is 2. The molecule has 3 rings (SSSR count). The molecule has 5 heteroatoms. The van der Waals surface area contributed by atoms with Gasteiger partial charge in [-0.05, 0) is 38.5 Å². The number of rotatable bonds is 3. The van der Waals surface area contributed by atoms with Gasteiger partial charge in [0.1, 0.15) is 0 Å². The van der Waals surface area contributed by atoms with Crippen molar-refractivity contribution >= 4 is 11.9 Å². The smallest absolute Gasteiger partial charge is 0.317 e. The van der Waals surface area contributed by atoms with E-state index in [1.165, 1.54) is 12.8 Å². The molecule has 0 aromatic carbocycles. The highest BCUT2D eigenvalue weighted by Gasteiger charge is 2.32. The van der Waals surface area contributed by atoms with E-state index in [1.54, 1.807) is 0 Å². The van der Waals surface area contributed by atoms with Gasteiger partial charge in [-0.1, -0.05) is 12.8 Å². The summed E-state index contributed by atoms with van der Waals surface area (Å²) in [6.07, 6.45) is 8.73. The third-order valence-corrected chi connectivity index (χ3v) is 4.69. The first-order valence-electron chi connectivity index (χ1n) is 8.08. The minimum Gasteiger partial charge on any atom is -0.353 e. The average Bonchev–Trinajstić information content (AvgIpc) is 3.12. The Bertz CT molecular complexity index is 375. The van der Waals surface area contributed by atoms with E-state index in [0.717, 1.165) is 45.1 Å². The first kappa shape index (κ1) is 13.7. The van der Waals surface area contributed by atoms with Crippen LogP contribution in [0.5, 0.6) is 0 Å². The number of carbonyl (C=O) groups is 2. The Morgan fingerprint density at radius 2 is 1.55 bits per heavy atom. The standard InChI is InChI=1S/C15H25N3O2/c19-14(16-12-5-1-2-6-12)11-4-3-9-18(10-11)15(20)17-13-7-8-13/h11-13H,1-10H2,(H,16,19)(H,17,20). The van der Waals surface area contributed by atoms with E-state index < -0.39 is 0 Å². The van der Waals surface area contributed by atoms with Crippen molar-refractivity contribution < 1.29 is 9.59 Å². The Morgan fingerprint density at radius 3 is 2.25 bits per heavy atom. The molecule has 1 saturated heterocycles. The van der Waals surface area contributed by atoms with E-state index in [0.29, 0.717) is 18.6 Å². The van der Waals surface area contributed by atoms with Crippen LogP contribution in [-0.2, 0) is 4.79 Å². The molecule has 1 aliphatic heterocycles. The van der Waals surface area contributed by atoms with Crippen molar-refractivity contribution in [2.24, 2.45) is 5.92 Å². The molecule has 1 unspecified atom stereocenters. The second-order valence-electron chi connectivity index (χ2n) is 6.50. The van der Waals surface area contributed by atoms with Crippen molar-refractivity contribution in [2.45, 2.75) is 63.5 Å². The van der Waals surface area contributed by atoms with E-state index in [1.807, 2.05) is 4.90 Å². The molecule has 2 N–H and O–H groups in total. The Kier molecular flexibility index (Phi) is 4.13. The minimum atomic E-state index is -0.0192. The zero-order valence-electron chi connectivity index (χ0n) is 12.1. The fraction of sp³-hybridized carbons (Fsp3) is 0.867. The highest BCUT2D eigenvalue weighted by Crippen LogP contribution is 2.22. The van der Waals surface area contributed by atoms with Gasteiger partial charge in [0.25, 0.3) is 0 Å². The van der Waals surface area contributed by atoms with Gasteiger partial charge < -0.3 is 15.5 Å². The summed E-state index contributed by atoms with van der Waals surface area (Å²) in [5, 5.41) is 6.18. The lowest BCUT2D eigenvalue weighted by Crippen LogP contribution is -2.50. The molecule has 3 aliphatic rings. The zero-order chi connectivity index (χ0) is 13.9. The van der Waals surface area contributed by atoms with Crippen molar-refractivity contribution in [2.75, 3.05) is 13.1 Å². The SMILES string of the molecule is O=C(NC1CCCC1)C1CCCN(C(=O)NC2CC2)C1. The van der Waals surface area contributed by atoms with Crippen molar-refractivity contribution in [3.8, 4) is 0 Å². The third-order valence-electron chi connectivity index (χ3n) is 4.69. The number of nitrogens with zero attached hydrogens (tertiary/aromatic N) is 1. The van der Waals surface area contributed by atoms with Crippen LogP contribution in [0.15, 0.2) is 0 Å². The molecule has 5 nitrogen and oxygen atoms in total. The van der Waals surface area contributed by atoms with Crippen LogP contribution in [0.1, 0.15) is 51.4 Å². The quantitative estimate of drug-likeness (QED) is 0.825. The van der Waals surface area contributed by atoms with Crippen LogP contribution in [0.4, 0.5) is 4.79 Å². The molecular formula is C15H25N3O2. The molecule has 0 spiro atoms. The van der Waals surface area contributed by atoms with Crippen molar-refractivity contribution in [3.63, 3.8) is 0 Å². The van der Waals surface area contributed by atoms with Gasteiger partial charge in [0.15, 0.2) is 0 Å². The maximum Gasteiger partial charge on any atom is 0.317 e. The molecule has 0 aromatic heterocycles. The number of urea groups is 1. The molecule has 1 atom stereocenters. The Labute approximate surface area is 120 Å². The molecular weight excluding hydrogens is 254 g/mol. The molecule has 2 aliphatic carbocycles. The fourth-order valence-electron chi connectivity index (χ4n) is 3.26. The van der Waals surface area contributed by atoms with Crippen LogP contribution in [-0.4, -0.2) is 42.0 Å². The molecule has 0 radical (unpaired) electrons. The Hall–Kier alpha value is -1.26. The van der Waals surface area contributed by atoms with Crippen LogP contribution in [0.2, 0.25) is 0 Å². The highest BCUT2D eigenvalue weighted by molar-refractivity contribution is 5.81. The van der Waals surface area contributed by atoms with E-state index in [-0.39, 0.29) is 17.9 Å². The predicted molar refractivity (Wildman–Crippen MR) is 76.2 cm³/mol. The maximum atomic E-state index is 12.3. The van der Waals surface area contributed by atoms with Gasteiger partial charge in [-0.25, -0.2) is 4.79 Å². The second-order valence-corrected chi connectivity index (χ2v) is 6.50. The maximum absolute atomic E-state index is 12.3. The fourth-order valence-corrected chi connectivity index (χ4v) is 3.26. The summed E-state index contributed by atoms with van der Waals surface area (Å²) in [5.41, 5.74) is 0. The summed E-state index contributed by atoms with van der Waals surface area (Å²) in [6.45, 7) is 1.36. The molecule has 20 heavy (non-hydrogen) atoms. The Morgan fingerprint density at radius 1 is 0.850 bits per heavy atom. The number of hydrogen-bond donors (Lipinski definition) is 2. The molecule has 0 aromatic rings.